The zero-order valence-corrected chi connectivity index (χ0v) is 8.23. The van der Waals surface area contributed by atoms with Crippen molar-refractivity contribution in [2.45, 2.75) is 25.7 Å². The van der Waals surface area contributed by atoms with E-state index in [2.05, 4.69) is 11.1 Å². The van der Waals surface area contributed by atoms with E-state index in [0.29, 0.717) is 0 Å². The highest BCUT2D eigenvalue weighted by Gasteiger charge is 2.15. The van der Waals surface area contributed by atoms with Gasteiger partial charge in [-0.2, -0.15) is 0 Å². The molecule has 13 heavy (non-hydrogen) atoms. The summed E-state index contributed by atoms with van der Waals surface area (Å²) < 4.78 is 0. The minimum atomic E-state index is 1.23. The fourth-order valence-corrected chi connectivity index (χ4v) is 3.32. The molecule has 0 atom stereocenters. The summed E-state index contributed by atoms with van der Waals surface area (Å²) in [6, 6.07) is 4.26. The van der Waals surface area contributed by atoms with Gasteiger partial charge in [0.1, 0.15) is 4.83 Å². The maximum absolute atomic E-state index is 4.40. The lowest BCUT2D eigenvalue weighted by molar-refractivity contribution is 0.700. The van der Waals surface area contributed by atoms with Crippen LogP contribution in [0, 0.1) is 0 Å². The maximum atomic E-state index is 4.40. The molecule has 0 amide bonds. The monoisotopic (exact) mass is 189 g/mol. The van der Waals surface area contributed by atoms with Crippen LogP contribution < -0.4 is 0 Å². The van der Waals surface area contributed by atoms with Gasteiger partial charge in [0.05, 0.1) is 0 Å². The molecule has 2 aromatic rings. The highest BCUT2D eigenvalue weighted by atomic mass is 32.1. The average Bonchev–Trinajstić information content (AvgIpc) is 2.56. The van der Waals surface area contributed by atoms with Crippen molar-refractivity contribution in [1.29, 1.82) is 0 Å². The van der Waals surface area contributed by atoms with Crippen molar-refractivity contribution in [1.82, 2.24) is 4.98 Å². The molecule has 0 bridgehead atoms. The largest absolute Gasteiger partial charge is 0.245 e. The zero-order valence-electron chi connectivity index (χ0n) is 7.42. The van der Waals surface area contributed by atoms with Gasteiger partial charge in [0.2, 0.25) is 0 Å². The lowest BCUT2D eigenvalue weighted by Gasteiger charge is -2.09. The highest BCUT2D eigenvalue weighted by Crippen LogP contribution is 2.34. The molecule has 3 rings (SSSR count). The normalized spacial score (nSPS) is 16.0. The van der Waals surface area contributed by atoms with Crippen molar-refractivity contribution in [3.05, 3.63) is 28.8 Å². The predicted molar refractivity (Wildman–Crippen MR) is 56.3 cm³/mol. The van der Waals surface area contributed by atoms with Crippen LogP contribution in [0.15, 0.2) is 18.3 Å². The third-order valence-electron chi connectivity index (χ3n) is 2.73. The van der Waals surface area contributed by atoms with Crippen molar-refractivity contribution >= 4 is 21.6 Å². The van der Waals surface area contributed by atoms with E-state index in [0.717, 1.165) is 0 Å². The molecule has 0 N–H and O–H groups in total. The molecule has 1 aliphatic rings. The Kier molecular flexibility index (Phi) is 1.62. The van der Waals surface area contributed by atoms with Crippen molar-refractivity contribution in [2.75, 3.05) is 0 Å². The van der Waals surface area contributed by atoms with Gasteiger partial charge in [0.25, 0.3) is 0 Å². The fourth-order valence-electron chi connectivity index (χ4n) is 2.09. The van der Waals surface area contributed by atoms with Crippen LogP contribution in [0.25, 0.3) is 10.2 Å². The van der Waals surface area contributed by atoms with Crippen molar-refractivity contribution in [3.8, 4) is 0 Å². The Bertz CT molecular complexity index is 444. The van der Waals surface area contributed by atoms with Crippen molar-refractivity contribution < 1.29 is 0 Å². The SMILES string of the molecule is c1cnc2sc3c(c2c1)CCCC3. The number of fused-ring (bicyclic) bond motifs is 3. The van der Waals surface area contributed by atoms with Crippen LogP contribution >= 0.6 is 11.3 Å². The van der Waals surface area contributed by atoms with E-state index in [1.165, 1.54) is 35.9 Å². The molecule has 0 saturated heterocycles. The van der Waals surface area contributed by atoms with Crippen LogP contribution in [0.4, 0.5) is 0 Å². The predicted octanol–water partition coefficient (Wildman–Crippen LogP) is 3.18. The summed E-state index contributed by atoms with van der Waals surface area (Å²) in [5.41, 5.74) is 1.58. The third kappa shape index (κ3) is 1.09. The topological polar surface area (TPSA) is 12.9 Å². The van der Waals surface area contributed by atoms with Crippen LogP contribution in [0.3, 0.4) is 0 Å². The first kappa shape index (κ1) is 7.51. The van der Waals surface area contributed by atoms with E-state index in [9.17, 15) is 0 Å². The molecule has 0 radical (unpaired) electrons. The summed E-state index contributed by atoms with van der Waals surface area (Å²) in [5.74, 6) is 0. The van der Waals surface area contributed by atoms with E-state index < -0.39 is 0 Å². The Hall–Kier alpha value is -0.890. The quantitative estimate of drug-likeness (QED) is 0.620. The molecule has 2 heteroatoms. The minimum Gasteiger partial charge on any atom is -0.245 e. The summed E-state index contributed by atoms with van der Waals surface area (Å²) in [4.78, 5) is 7.22. The van der Waals surface area contributed by atoms with E-state index in [4.69, 9.17) is 0 Å². The highest BCUT2D eigenvalue weighted by molar-refractivity contribution is 7.18. The first-order valence-corrected chi connectivity index (χ1v) is 5.62. The number of rotatable bonds is 0. The number of pyridine rings is 1. The lowest BCUT2D eigenvalue weighted by Crippen LogP contribution is -1.97. The number of nitrogens with zero attached hydrogens (tertiary/aromatic N) is 1. The molecule has 0 saturated carbocycles. The molecule has 0 spiro atoms. The number of aryl methyl sites for hydroxylation is 2. The Morgan fingerprint density at radius 3 is 3.15 bits per heavy atom. The standard InChI is InChI=1S/C11H11NS/c1-2-6-10-8(4-1)9-5-3-7-12-11(9)13-10/h3,5,7H,1-2,4,6H2. The zero-order chi connectivity index (χ0) is 8.67. The van der Waals surface area contributed by atoms with E-state index in [-0.39, 0.29) is 0 Å². The first-order chi connectivity index (χ1) is 6.45. The second-order valence-electron chi connectivity index (χ2n) is 3.57. The van der Waals surface area contributed by atoms with E-state index in [1.54, 1.807) is 10.4 Å². The van der Waals surface area contributed by atoms with Gasteiger partial charge in [0, 0.05) is 16.5 Å². The van der Waals surface area contributed by atoms with Crippen LogP contribution in [0.2, 0.25) is 0 Å². The Morgan fingerprint density at radius 1 is 1.23 bits per heavy atom. The summed E-state index contributed by atoms with van der Waals surface area (Å²) in [6.45, 7) is 0. The van der Waals surface area contributed by atoms with Crippen LogP contribution in [-0.2, 0) is 12.8 Å². The summed E-state index contributed by atoms with van der Waals surface area (Å²) >= 11 is 1.89. The lowest BCUT2D eigenvalue weighted by atomic mass is 9.97. The van der Waals surface area contributed by atoms with E-state index in [1.807, 2.05) is 23.6 Å². The molecule has 0 aliphatic heterocycles. The molecule has 0 aromatic carbocycles. The molecule has 0 unspecified atom stereocenters. The smallest absolute Gasteiger partial charge is 0.123 e. The maximum Gasteiger partial charge on any atom is 0.123 e. The first-order valence-electron chi connectivity index (χ1n) is 4.80. The molecular weight excluding hydrogens is 178 g/mol. The van der Waals surface area contributed by atoms with Crippen LogP contribution in [0.1, 0.15) is 23.3 Å². The summed E-state index contributed by atoms with van der Waals surface area (Å²) in [6.07, 6.45) is 7.15. The number of hydrogen-bond donors (Lipinski definition) is 0. The minimum absolute atomic E-state index is 1.23. The van der Waals surface area contributed by atoms with Crippen molar-refractivity contribution in [2.24, 2.45) is 0 Å². The second kappa shape index (κ2) is 2.81. The number of thiophene rings is 1. The Morgan fingerprint density at radius 2 is 2.15 bits per heavy atom. The molecule has 2 heterocycles. The van der Waals surface area contributed by atoms with Crippen molar-refractivity contribution in [3.63, 3.8) is 0 Å². The van der Waals surface area contributed by atoms with Gasteiger partial charge < -0.3 is 0 Å². The van der Waals surface area contributed by atoms with Gasteiger partial charge in [-0.1, -0.05) is 6.07 Å². The van der Waals surface area contributed by atoms with Gasteiger partial charge in [-0.25, -0.2) is 4.98 Å². The average molecular weight is 189 g/mol. The summed E-state index contributed by atoms with van der Waals surface area (Å²) in [5, 5.41) is 1.40. The van der Waals surface area contributed by atoms with Gasteiger partial charge in [0.15, 0.2) is 0 Å². The number of aromatic nitrogens is 1. The Labute approximate surface area is 81.4 Å². The molecule has 2 aromatic heterocycles. The Balaban J connectivity index is 2.34. The molecule has 1 aliphatic carbocycles. The summed E-state index contributed by atoms with van der Waals surface area (Å²) in [7, 11) is 0. The number of hydrogen-bond acceptors (Lipinski definition) is 2. The molecule has 1 nitrogen and oxygen atoms in total. The van der Waals surface area contributed by atoms with E-state index >= 15 is 0 Å². The fraction of sp³-hybridized carbons (Fsp3) is 0.364. The molecule has 66 valence electrons. The van der Waals surface area contributed by atoms with Crippen LogP contribution in [0.5, 0.6) is 0 Å². The third-order valence-corrected chi connectivity index (χ3v) is 3.95. The van der Waals surface area contributed by atoms with Gasteiger partial charge >= 0.3 is 0 Å². The van der Waals surface area contributed by atoms with Gasteiger partial charge in [-0.05, 0) is 37.3 Å². The molecule has 0 fully saturated rings. The second-order valence-corrected chi connectivity index (χ2v) is 4.65. The van der Waals surface area contributed by atoms with Gasteiger partial charge in [-0.15, -0.1) is 11.3 Å². The molecular formula is C11H11NS. The van der Waals surface area contributed by atoms with Crippen LogP contribution in [-0.4, -0.2) is 4.98 Å². The van der Waals surface area contributed by atoms with Gasteiger partial charge in [-0.3, -0.25) is 0 Å².